The SMILES string of the molecule is CNC(C(=O)Nc1nc(C(C)C)cs1)c1cnn(C)c1.Cl. The first-order valence-corrected chi connectivity index (χ1v) is 7.31. The van der Waals surface area contributed by atoms with Gasteiger partial charge in [-0.15, -0.1) is 23.7 Å². The van der Waals surface area contributed by atoms with Gasteiger partial charge < -0.3 is 10.6 Å². The normalized spacial score (nSPS) is 12.0. The summed E-state index contributed by atoms with van der Waals surface area (Å²) in [7, 11) is 3.57. The van der Waals surface area contributed by atoms with Crippen molar-refractivity contribution in [3.63, 3.8) is 0 Å². The minimum Gasteiger partial charge on any atom is -0.305 e. The molecule has 0 radical (unpaired) electrons. The van der Waals surface area contributed by atoms with Crippen LogP contribution >= 0.6 is 23.7 Å². The van der Waals surface area contributed by atoms with E-state index < -0.39 is 6.04 Å². The molecule has 1 amide bonds. The second kappa shape index (κ2) is 7.53. The Kier molecular flexibility index (Phi) is 6.32. The highest BCUT2D eigenvalue weighted by Crippen LogP contribution is 2.22. The van der Waals surface area contributed by atoms with E-state index in [1.807, 2.05) is 18.6 Å². The van der Waals surface area contributed by atoms with Crippen LogP contribution in [0.1, 0.15) is 37.1 Å². The highest BCUT2D eigenvalue weighted by molar-refractivity contribution is 7.13. The van der Waals surface area contributed by atoms with E-state index in [1.54, 1.807) is 17.9 Å². The van der Waals surface area contributed by atoms with E-state index >= 15 is 0 Å². The molecular weight excluding hydrogens is 310 g/mol. The van der Waals surface area contributed by atoms with Crippen molar-refractivity contribution in [2.24, 2.45) is 7.05 Å². The molecule has 21 heavy (non-hydrogen) atoms. The fraction of sp³-hybridized carbons (Fsp3) is 0.462. The molecule has 1 atom stereocenters. The van der Waals surface area contributed by atoms with Gasteiger partial charge in [0, 0.05) is 24.2 Å². The average molecular weight is 330 g/mol. The van der Waals surface area contributed by atoms with Crippen LogP contribution in [0.25, 0.3) is 0 Å². The first kappa shape index (κ1) is 17.6. The Morgan fingerprint density at radius 3 is 2.62 bits per heavy atom. The van der Waals surface area contributed by atoms with Crippen LogP contribution in [-0.2, 0) is 11.8 Å². The van der Waals surface area contributed by atoms with Gasteiger partial charge in [-0.2, -0.15) is 5.10 Å². The van der Waals surface area contributed by atoms with E-state index in [0.29, 0.717) is 11.0 Å². The third-order valence-corrected chi connectivity index (χ3v) is 3.73. The number of nitrogens with zero attached hydrogens (tertiary/aromatic N) is 3. The Bertz CT molecular complexity index is 595. The Balaban J connectivity index is 0.00000220. The number of thiazole rings is 1. The molecule has 8 heteroatoms. The van der Waals surface area contributed by atoms with E-state index in [9.17, 15) is 4.79 Å². The molecule has 0 bridgehead atoms. The van der Waals surface area contributed by atoms with Crippen molar-refractivity contribution in [1.29, 1.82) is 0 Å². The molecule has 2 heterocycles. The maximum Gasteiger partial charge on any atom is 0.247 e. The number of nitrogens with one attached hydrogen (secondary N) is 2. The molecule has 0 spiro atoms. The number of hydrogen-bond acceptors (Lipinski definition) is 5. The predicted octanol–water partition coefficient (Wildman–Crippen LogP) is 2.32. The van der Waals surface area contributed by atoms with Gasteiger partial charge >= 0.3 is 0 Å². The Hall–Kier alpha value is -1.44. The zero-order valence-corrected chi connectivity index (χ0v) is 14.1. The minimum absolute atomic E-state index is 0. The monoisotopic (exact) mass is 329 g/mol. The van der Waals surface area contributed by atoms with Crippen molar-refractivity contribution in [2.75, 3.05) is 12.4 Å². The number of carbonyl (C=O) groups excluding carboxylic acids is 1. The number of carbonyl (C=O) groups is 1. The van der Waals surface area contributed by atoms with Crippen molar-refractivity contribution in [3.8, 4) is 0 Å². The molecule has 0 saturated carbocycles. The van der Waals surface area contributed by atoms with E-state index in [0.717, 1.165) is 11.3 Å². The average Bonchev–Trinajstić information content (AvgIpc) is 3.00. The summed E-state index contributed by atoms with van der Waals surface area (Å²) in [4.78, 5) is 16.7. The van der Waals surface area contributed by atoms with Gasteiger partial charge in [0.2, 0.25) is 5.91 Å². The van der Waals surface area contributed by atoms with Crippen LogP contribution in [0, 0.1) is 0 Å². The number of anilines is 1. The second-order valence-corrected chi connectivity index (χ2v) is 5.75. The lowest BCUT2D eigenvalue weighted by molar-refractivity contribution is -0.118. The molecule has 2 N–H and O–H groups in total. The second-order valence-electron chi connectivity index (χ2n) is 4.89. The largest absolute Gasteiger partial charge is 0.305 e. The molecule has 0 saturated heterocycles. The fourth-order valence-electron chi connectivity index (χ4n) is 1.82. The van der Waals surface area contributed by atoms with Gasteiger partial charge in [0.15, 0.2) is 5.13 Å². The molecule has 0 aliphatic heterocycles. The number of aromatic nitrogens is 3. The molecule has 2 rings (SSSR count). The zero-order chi connectivity index (χ0) is 14.7. The van der Waals surface area contributed by atoms with Crippen LogP contribution < -0.4 is 10.6 Å². The highest BCUT2D eigenvalue weighted by Gasteiger charge is 2.21. The molecular formula is C13H20ClN5OS. The first-order valence-electron chi connectivity index (χ1n) is 6.43. The molecule has 0 aliphatic carbocycles. The van der Waals surface area contributed by atoms with Crippen molar-refractivity contribution in [2.45, 2.75) is 25.8 Å². The summed E-state index contributed by atoms with van der Waals surface area (Å²) < 4.78 is 1.67. The first-order chi connectivity index (χ1) is 9.51. The number of halogens is 1. The molecule has 6 nitrogen and oxygen atoms in total. The summed E-state index contributed by atoms with van der Waals surface area (Å²) in [5, 5.41) is 12.5. The van der Waals surface area contributed by atoms with Crippen molar-refractivity contribution in [1.82, 2.24) is 20.1 Å². The van der Waals surface area contributed by atoms with Crippen LogP contribution in [0.4, 0.5) is 5.13 Å². The van der Waals surface area contributed by atoms with Crippen molar-refractivity contribution in [3.05, 3.63) is 29.0 Å². The van der Waals surface area contributed by atoms with Gasteiger partial charge in [-0.25, -0.2) is 4.98 Å². The summed E-state index contributed by atoms with van der Waals surface area (Å²) in [6.07, 6.45) is 3.50. The summed E-state index contributed by atoms with van der Waals surface area (Å²) >= 11 is 1.44. The number of hydrogen-bond donors (Lipinski definition) is 2. The van der Waals surface area contributed by atoms with Gasteiger partial charge in [-0.3, -0.25) is 9.48 Å². The maximum atomic E-state index is 12.3. The smallest absolute Gasteiger partial charge is 0.247 e. The van der Waals surface area contributed by atoms with E-state index in [4.69, 9.17) is 0 Å². The quantitative estimate of drug-likeness (QED) is 0.883. The van der Waals surface area contributed by atoms with Crippen LogP contribution in [0.15, 0.2) is 17.8 Å². The summed E-state index contributed by atoms with van der Waals surface area (Å²) in [6.45, 7) is 4.15. The van der Waals surface area contributed by atoms with Crippen LogP contribution in [-0.4, -0.2) is 27.7 Å². The Morgan fingerprint density at radius 2 is 2.14 bits per heavy atom. The van der Waals surface area contributed by atoms with Gasteiger partial charge in [-0.05, 0) is 13.0 Å². The molecule has 0 fully saturated rings. The lowest BCUT2D eigenvalue weighted by atomic mass is 10.1. The minimum atomic E-state index is -0.435. The molecule has 0 aliphatic rings. The van der Waals surface area contributed by atoms with Crippen molar-refractivity contribution < 1.29 is 4.79 Å². The van der Waals surface area contributed by atoms with Crippen LogP contribution in [0.3, 0.4) is 0 Å². The zero-order valence-electron chi connectivity index (χ0n) is 12.5. The van der Waals surface area contributed by atoms with E-state index in [1.165, 1.54) is 11.3 Å². The summed E-state index contributed by atoms with van der Waals surface area (Å²) in [5.74, 6) is 0.223. The lowest BCUT2D eigenvalue weighted by Crippen LogP contribution is -2.30. The standard InChI is InChI=1S/C13H19N5OS.ClH/c1-8(2)10-7-20-13(16-10)17-12(19)11(14-3)9-5-15-18(4)6-9;/h5-8,11,14H,1-4H3,(H,16,17,19);1H. The topological polar surface area (TPSA) is 71.8 Å². The van der Waals surface area contributed by atoms with Crippen LogP contribution in [0.2, 0.25) is 0 Å². The fourth-order valence-corrected chi connectivity index (χ4v) is 2.70. The summed E-state index contributed by atoms with van der Waals surface area (Å²) in [6, 6.07) is -0.435. The van der Waals surface area contributed by atoms with E-state index in [2.05, 4.69) is 34.6 Å². The molecule has 0 aromatic carbocycles. The predicted molar refractivity (Wildman–Crippen MR) is 87.1 cm³/mol. The van der Waals surface area contributed by atoms with Crippen LogP contribution in [0.5, 0.6) is 0 Å². The number of aryl methyl sites for hydroxylation is 1. The maximum absolute atomic E-state index is 12.3. The van der Waals surface area contributed by atoms with Gasteiger partial charge in [0.05, 0.1) is 11.9 Å². The molecule has 1 unspecified atom stereocenters. The van der Waals surface area contributed by atoms with E-state index in [-0.39, 0.29) is 18.3 Å². The van der Waals surface area contributed by atoms with Gasteiger partial charge in [-0.1, -0.05) is 13.8 Å². The summed E-state index contributed by atoms with van der Waals surface area (Å²) in [5.41, 5.74) is 1.82. The molecule has 2 aromatic rings. The van der Waals surface area contributed by atoms with Gasteiger partial charge in [0.25, 0.3) is 0 Å². The van der Waals surface area contributed by atoms with Gasteiger partial charge in [0.1, 0.15) is 6.04 Å². The van der Waals surface area contributed by atoms with Crippen molar-refractivity contribution >= 4 is 34.8 Å². The molecule has 116 valence electrons. The number of likely N-dealkylation sites (N-methyl/N-ethyl adjacent to an activating group) is 1. The third kappa shape index (κ3) is 4.26. The number of amides is 1. The molecule has 2 aromatic heterocycles. The Morgan fingerprint density at radius 1 is 1.43 bits per heavy atom. The number of rotatable bonds is 5. The third-order valence-electron chi connectivity index (χ3n) is 2.95. The highest BCUT2D eigenvalue weighted by atomic mass is 35.5. The lowest BCUT2D eigenvalue weighted by Gasteiger charge is -2.13. The Labute approximate surface area is 134 Å².